The Labute approximate surface area is 173 Å². The number of imide groups is 1. The summed E-state index contributed by atoms with van der Waals surface area (Å²) in [5.41, 5.74) is 0.663. The fourth-order valence-corrected chi connectivity index (χ4v) is 3.14. The van der Waals surface area contributed by atoms with Crippen LogP contribution in [0.15, 0.2) is 47.1 Å². The van der Waals surface area contributed by atoms with Gasteiger partial charge in [-0.15, -0.1) is 0 Å². The third-order valence-corrected chi connectivity index (χ3v) is 4.65. The Bertz CT molecular complexity index is 886. The van der Waals surface area contributed by atoms with Crippen LogP contribution in [-0.2, 0) is 9.53 Å². The molecule has 0 saturated heterocycles. The average Bonchev–Trinajstić information content (AvgIpc) is 3.28. The lowest BCUT2D eigenvalue weighted by Crippen LogP contribution is -2.46. The number of urea groups is 1. The van der Waals surface area contributed by atoms with Crippen molar-refractivity contribution in [2.75, 3.05) is 11.9 Å². The fraction of sp³-hybridized carbons (Fsp3) is 0.333. The smallest absolute Gasteiger partial charge is 0.338 e. The molecule has 3 rings (SSSR count). The van der Waals surface area contributed by atoms with E-state index in [0.717, 1.165) is 32.1 Å². The molecule has 9 nitrogen and oxygen atoms in total. The number of ether oxygens (including phenoxy) is 1. The van der Waals surface area contributed by atoms with Crippen molar-refractivity contribution in [3.05, 3.63) is 54.0 Å². The Morgan fingerprint density at radius 1 is 1.00 bits per heavy atom. The van der Waals surface area contributed by atoms with Gasteiger partial charge < -0.3 is 19.8 Å². The highest BCUT2D eigenvalue weighted by Crippen LogP contribution is 2.17. The van der Waals surface area contributed by atoms with Gasteiger partial charge in [0.05, 0.1) is 11.8 Å². The van der Waals surface area contributed by atoms with E-state index >= 15 is 0 Å². The number of hydrogen-bond donors (Lipinski definition) is 3. The first-order valence-electron chi connectivity index (χ1n) is 9.73. The van der Waals surface area contributed by atoms with Crippen LogP contribution in [0.2, 0.25) is 0 Å². The molecule has 1 aromatic carbocycles. The summed E-state index contributed by atoms with van der Waals surface area (Å²) >= 11 is 0. The molecule has 0 atom stereocenters. The quantitative estimate of drug-likeness (QED) is 0.625. The Balaban J connectivity index is 1.41. The molecule has 0 unspecified atom stereocenters. The van der Waals surface area contributed by atoms with Crippen molar-refractivity contribution in [1.82, 2.24) is 10.6 Å². The normalized spacial score (nSPS) is 13.9. The Morgan fingerprint density at radius 3 is 2.40 bits per heavy atom. The molecule has 1 aliphatic rings. The highest BCUT2D eigenvalue weighted by atomic mass is 16.5. The van der Waals surface area contributed by atoms with Crippen molar-refractivity contribution in [3.63, 3.8) is 0 Å². The highest BCUT2D eigenvalue weighted by molar-refractivity contribution is 6.02. The third kappa shape index (κ3) is 6.20. The number of benzene rings is 1. The summed E-state index contributed by atoms with van der Waals surface area (Å²) in [5.74, 6) is -1.68. The van der Waals surface area contributed by atoms with Gasteiger partial charge in [-0.1, -0.05) is 19.3 Å². The number of carbonyl (C=O) groups excluding carboxylic acids is 4. The van der Waals surface area contributed by atoms with Gasteiger partial charge in [0.1, 0.15) is 0 Å². The minimum Gasteiger partial charge on any atom is -0.459 e. The van der Waals surface area contributed by atoms with Crippen LogP contribution in [-0.4, -0.2) is 36.5 Å². The van der Waals surface area contributed by atoms with Crippen LogP contribution in [0, 0.1) is 0 Å². The van der Waals surface area contributed by atoms with Crippen molar-refractivity contribution in [1.29, 1.82) is 0 Å². The van der Waals surface area contributed by atoms with E-state index in [2.05, 4.69) is 16.0 Å². The Hall–Kier alpha value is -3.62. The van der Waals surface area contributed by atoms with Gasteiger partial charge in [0.15, 0.2) is 12.4 Å². The standard InChI is InChI=1S/C21H23N3O6/c25-18(24-21(28)23-15-5-2-1-3-6-15)13-30-20(27)14-8-10-16(11-9-14)22-19(26)17-7-4-12-29-17/h4,7-12,15H,1-3,5-6,13H2,(H,22,26)(H2,23,24,25,28). The van der Waals surface area contributed by atoms with Crippen LogP contribution < -0.4 is 16.0 Å². The first kappa shape index (κ1) is 21.1. The van der Waals surface area contributed by atoms with Gasteiger partial charge in [-0.3, -0.25) is 14.9 Å². The molecule has 30 heavy (non-hydrogen) atoms. The number of esters is 1. The second-order valence-electron chi connectivity index (χ2n) is 6.94. The van der Waals surface area contributed by atoms with Crippen LogP contribution in [0.3, 0.4) is 0 Å². The van der Waals surface area contributed by atoms with Crippen molar-refractivity contribution in [2.45, 2.75) is 38.1 Å². The Morgan fingerprint density at radius 2 is 1.73 bits per heavy atom. The van der Waals surface area contributed by atoms with Gasteiger partial charge in [0.25, 0.3) is 11.8 Å². The maximum atomic E-state index is 12.1. The van der Waals surface area contributed by atoms with Gasteiger partial charge in [0, 0.05) is 11.7 Å². The van der Waals surface area contributed by atoms with Gasteiger partial charge in [0.2, 0.25) is 0 Å². The molecule has 2 aromatic rings. The second kappa shape index (κ2) is 10.2. The molecule has 9 heteroatoms. The SMILES string of the molecule is O=C(COC(=O)c1ccc(NC(=O)c2ccco2)cc1)NC(=O)NC1CCCCC1. The van der Waals surface area contributed by atoms with E-state index in [1.807, 2.05) is 0 Å². The summed E-state index contributed by atoms with van der Waals surface area (Å²) in [4.78, 5) is 47.6. The predicted octanol–water partition coefficient (Wildman–Crippen LogP) is 2.85. The molecule has 0 aliphatic heterocycles. The van der Waals surface area contributed by atoms with Crippen LogP contribution in [0.1, 0.15) is 53.0 Å². The van der Waals surface area contributed by atoms with Crippen LogP contribution in [0.5, 0.6) is 0 Å². The van der Waals surface area contributed by atoms with E-state index in [1.54, 1.807) is 6.07 Å². The van der Waals surface area contributed by atoms with E-state index in [9.17, 15) is 19.2 Å². The summed E-state index contributed by atoms with van der Waals surface area (Å²) in [6.45, 7) is -0.575. The average molecular weight is 413 g/mol. The lowest BCUT2D eigenvalue weighted by Gasteiger charge is -2.22. The maximum Gasteiger partial charge on any atom is 0.338 e. The summed E-state index contributed by atoms with van der Waals surface area (Å²) < 4.78 is 9.93. The molecule has 1 saturated carbocycles. The predicted molar refractivity (Wildman–Crippen MR) is 107 cm³/mol. The number of amides is 4. The number of rotatable bonds is 6. The molecule has 1 aliphatic carbocycles. The van der Waals surface area contributed by atoms with Crippen LogP contribution >= 0.6 is 0 Å². The lowest BCUT2D eigenvalue weighted by molar-refractivity contribution is -0.123. The third-order valence-electron chi connectivity index (χ3n) is 4.65. The van der Waals surface area contributed by atoms with Gasteiger partial charge in [-0.05, 0) is 49.2 Å². The highest BCUT2D eigenvalue weighted by Gasteiger charge is 2.18. The molecule has 1 heterocycles. The zero-order valence-electron chi connectivity index (χ0n) is 16.3. The molecule has 1 fully saturated rings. The minimum atomic E-state index is -0.721. The molecule has 0 bridgehead atoms. The number of carbonyl (C=O) groups is 4. The second-order valence-corrected chi connectivity index (χ2v) is 6.94. The molecule has 0 radical (unpaired) electrons. The van der Waals surface area contributed by atoms with E-state index in [0.29, 0.717) is 5.69 Å². The molecular formula is C21H23N3O6. The lowest BCUT2D eigenvalue weighted by atomic mass is 9.96. The largest absolute Gasteiger partial charge is 0.459 e. The monoisotopic (exact) mass is 413 g/mol. The number of nitrogens with one attached hydrogen (secondary N) is 3. The molecule has 4 amide bonds. The van der Waals surface area contributed by atoms with Crippen molar-refractivity contribution in [3.8, 4) is 0 Å². The topological polar surface area (TPSA) is 127 Å². The van der Waals surface area contributed by atoms with Gasteiger partial charge >= 0.3 is 12.0 Å². The number of furan rings is 1. The summed E-state index contributed by atoms with van der Waals surface area (Å²) in [7, 11) is 0. The fourth-order valence-electron chi connectivity index (χ4n) is 3.14. The minimum absolute atomic E-state index is 0.0703. The molecular weight excluding hydrogens is 390 g/mol. The first-order valence-corrected chi connectivity index (χ1v) is 9.73. The van der Waals surface area contributed by atoms with Crippen LogP contribution in [0.25, 0.3) is 0 Å². The van der Waals surface area contributed by atoms with E-state index in [1.165, 1.54) is 36.6 Å². The zero-order chi connectivity index (χ0) is 21.3. The molecule has 3 N–H and O–H groups in total. The maximum absolute atomic E-state index is 12.1. The Kier molecular flexibility index (Phi) is 7.20. The van der Waals surface area contributed by atoms with Crippen LogP contribution in [0.4, 0.5) is 10.5 Å². The van der Waals surface area contributed by atoms with Crippen molar-refractivity contribution in [2.24, 2.45) is 0 Å². The zero-order valence-corrected chi connectivity index (χ0v) is 16.3. The number of anilines is 1. The summed E-state index contributed by atoms with van der Waals surface area (Å²) in [5, 5.41) is 7.53. The first-order chi connectivity index (χ1) is 14.5. The number of hydrogen-bond acceptors (Lipinski definition) is 6. The summed E-state index contributed by atoms with van der Waals surface area (Å²) in [6.07, 6.45) is 6.46. The molecule has 0 spiro atoms. The van der Waals surface area contributed by atoms with Crippen molar-refractivity contribution < 1.29 is 28.3 Å². The van der Waals surface area contributed by atoms with E-state index < -0.39 is 30.4 Å². The van der Waals surface area contributed by atoms with Crippen molar-refractivity contribution >= 4 is 29.5 Å². The van der Waals surface area contributed by atoms with E-state index in [-0.39, 0.29) is 17.4 Å². The van der Waals surface area contributed by atoms with Gasteiger partial charge in [-0.25, -0.2) is 9.59 Å². The molecule has 1 aromatic heterocycles. The summed E-state index contributed by atoms with van der Waals surface area (Å²) in [6, 6.07) is 8.57. The molecule has 158 valence electrons. The van der Waals surface area contributed by atoms with Gasteiger partial charge in [-0.2, -0.15) is 0 Å². The van der Waals surface area contributed by atoms with E-state index in [4.69, 9.17) is 9.15 Å².